The highest BCUT2D eigenvalue weighted by atomic mass is 79.9. The molecule has 0 unspecified atom stereocenters. The van der Waals surface area contributed by atoms with Crippen LogP contribution in [0.4, 0.5) is 5.69 Å². The van der Waals surface area contributed by atoms with E-state index in [-0.39, 0.29) is 10.6 Å². The fraction of sp³-hybridized carbons (Fsp3) is 0.0500. The standard InChI is InChI=1S/C20H15BrClNO3S/c1-14-4-2-3-5-19(14)23-13-15-12-16(21)6-11-20(15)26-27(24,25)18-9-7-17(22)8-10-18/h2-13H,1H3. The number of benzene rings is 3. The van der Waals surface area contributed by atoms with Crippen LogP contribution in [-0.2, 0) is 10.1 Å². The van der Waals surface area contributed by atoms with Crippen LogP contribution < -0.4 is 4.18 Å². The lowest BCUT2D eigenvalue weighted by molar-refractivity contribution is 0.485. The molecule has 0 aliphatic heterocycles. The second kappa shape index (κ2) is 8.25. The van der Waals surface area contributed by atoms with E-state index in [9.17, 15) is 8.42 Å². The van der Waals surface area contributed by atoms with Gasteiger partial charge in [-0.15, -0.1) is 0 Å². The van der Waals surface area contributed by atoms with Crippen LogP contribution in [0.2, 0.25) is 5.02 Å². The van der Waals surface area contributed by atoms with Gasteiger partial charge in [0.1, 0.15) is 4.90 Å². The van der Waals surface area contributed by atoms with E-state index in [1.165, 1.54) is 24.3 Å². The van der Waals surface area contributed by atoms with Crippen molar-refractivity contribution in [1.29, 1.82) is 0 Å². The van der Waals surface area contributed by atoms with Crippen molar-refractivity contribution in [2.75, 3.05) is 0 Å². The Hall–Kier alpha value is -2.15. The Labute approximate surface area is 171 Å². The molecule has 0 amide bonds. The Bertz CT molecular complexity index is 1100. The van der Waals surface area contributed by atoms with Crippen LogP contribution in [0, 0.1) is 6.92 Å². The van der Waals surface area contributed by atoms with E-state index in [0.717, 1.165) is 15.7 Å². The number of halogens is 2. The maximum Gasteiger partial charge on any atom is 0.339 e. The molecular weight excluding hydrogens is 450 g/mol. The molecule has 7 heteroatoms. The molecule has 0 aliphatic rings. The number of nitrogens with zero attached hydrogens (tertiary/aromatic N) is 1. The molecule has 0 saturated heterocycles. The van der Waals surface area contributed by atoms with Gasteiger partial charge in [-0.25, -0.2) is 0 Å². The summed E-state index contributed by atoms with van der Waals surface area (Å²) < 4.78 is 31.2. The molecule has 0 saturated carbocycles. The van der Waals surface area contributed by atoms with Gasteiger partial charge in [0, 0.05) is 21.3 Å². The lowest BCUT2D eigenvalue weighted by Gasteiger charge is -2.10. The topological polar surface area (TPSA) is 55.7 Å². The number of para-hydroxylation sites is 1. The van der Waals surface area contributed by atoms with E-state index in [2.05, 4.69) is 20.9 Å². The van der Waals surface area contributed by atoms with E-state index < -0.39 is 10.1 Å². The van der Waals surface area contributed by atoms with Crippen molar-refractivity contribution in [2.45, 2.75) is 11.8 Å². The molecular formula is C20H15BrClNO3S. The molecule has 138 valence electrons. The molecule has 0 aromatic heterocycles. The molecule has 0 aliphatic carbocycles. The summed E-state index contributed by atoms with van der Waals surface area (Å²) in [5.74, 6) is 0.186. The fourth-order valence-corrected chi connectivity index (χ4v) is 3.77. The Balaban J connectivity index is 1.95. The maximum absolute atomic E-state index is 12.6. The van der Waals surface area contributed by atoms with Crippen LogP contribution in [-0.4, -0.2) is 14.6 Å². The van der Waals surface area contributed by atoms with Crippen molar-refractivity contribution in [3.63, 3.8) is 0 Å². The third kappa shape index (κ3) is 4.97. The SMILES string of the molecule is Cc1ccccc1N=Cc1cc(Br)ccc1OS(=O)(=O)c1ccc(Cl)cc1. The third-order valence-electron chi connectivity index (χ3n) is 3.73. The molecule has 3 aromatic rings. The van der Waals surface area contributed by atoms with Crippen LogP contribution in [0.25, 0.3) is 0 Å². The van der Waals surface area contributed by atoms with Crippen molar-refractivity contribution in [3.8, 4) is 5.75 Å². The first-order chi connectivity index (χ1) is 12.8. The first-order valence-electron chi connectivity index (χ1n) is 7.94. The summed E-state index contributed by atoms with van der Waals surface area (Å²) in [6.45, 7) is 1.95. The number of aliphatic imine (C=N–C) groups is 1. The average Bonchev–Trinajstić information content (AvgIpc) is 2.63. The lowest BCUT2D eigenvalue weighted by atomic mass is 10.2. The number of hydrogen-bond acceptors (Lipinski definition) is 4. The van der Waals surface area contributed by atoms with Gasteiger partial charge in [0.2, 0.25) is 0 Å². The van der Waals surface area contributed by atoms with Gasteiger partial charge in [0.25, 0.3) is 0 Å². The minimum absolute atomic E-state index is 0.0246. The summed E-state index contributed by atoms with van der Waals surface area (Å²) >= 11 is 9.21. The normalized spacial score (nSPS) is 11.7. The Morgan fingerprint density at radius 2 is 1.74 bits per heavy atom. The number of hydrogen-bond donors (Lipinski definition) is 0. The molecule has 0 spiro atoms. The van der Waals surface area contributed by atoms with E-state index in [0.29, 0.717) is 10.6 Å². The highest BCUT2D eigenvalue weighted by molar-refractivity contribution is 9.10. The Morgan fingerprint density at radius 1 is 1.04 bits per heavy atom. The zero-order chi connectivity index (χ0) is 19.4. The quantitative estimate of drug-likeness (QED) is 0.347. The van der Waals surface area contributed by atoms with Gasteiger partial charge in [-0.2, -0.15) is 8.42 Å². The summed E-state index contributed by atoms with van der Waals surface area (Å²) in [5, 5.41) is 0.448. The highest BCUT2D eigenvalue weighted by Crippen LogP contribution is 2.27. The van der Waals surface area contributed by atoms with Crippen LogP contribution in [0.5, 0.6) is 5.75 Å². The van der Waals surface area contributed by atoms with Crippen molar-refractivity contribution >= 4 is 49.6 Å². The molecule has 0 fully saturated rings. The average molecular weight is 465 g/mol. The zero-order valence-electron chi connectivity index (χ0n) is 14.3. The summed E-state index contributed by atoms with van der Waals surface area (Å²) in [6.07, 6.45) is 1.58. The fourth-order valence-electron chi connectivity index (χ4n) is 2.31. The van der Waals surface area contributed by atoms with E-state index in [4.69, 9.17) is 15.8 Å². The monoisotopic (exact) mass is 463 g/mol. The number of aryl methyl sites for hydroxylation is 1. The van der Waals surface area contributed by atoms with Gasteiger partial charge in [-0.1, -0.05) is 45.7 Å². The smallest absolute Gasteiger partial charge is 0.339 e. The largest absolute Gasteiger partial charge is 0.378 e. The van der Waals surface area contributed by atoms with Crippen LogP contribution in [0.1, 0.15) is 11.1 Å². The van der Waals surface area contributed by atoms with Crippen molar-refractivity contribution < 1.29 is 12.6 Å². The summed E-state index contributed by atoms with van der Waals surface area (Å²) in [6, 6.07) is 18.5. The first-order valence-corrected chi connectivity index (χ1v) is 10.5. The predicted molar refractivity (Wildman–Crippen MR) is 112 cm³/mol. The molecule has 27 heavy (non-hydrogen) atoms. The lowest BCUT2D eigenvalue weighted by Crippen LogP contribution is -2.10. The van der Waals surface area contributed by atoms with Gasteiger partial charge in [-0.3, -0.25) is 4.99 Å². The molecule has 0 atom stereocenters. The van der Waals surface area contributed by atoms with Gasteiger partial charge < -0.3 is 4.18 Å². The minimum atomic E-state index is -3.99. The third-order valence-corrected chi connectivity index (χ3v) is 5.73. The second-order valence-electron chi connectivity index (χ2n) is 5.72. The van der Waals surface area contributed by atoms with Crippen LogP contribution >= 0.6 is 27.5 Å². The molecule has 4 nitrogen and oxygen atoms in total. The Kier molecular flexibility index (Phi) is 5.99. The van der Waals surface area contributed by atoms with Crippen molar-refractivity contribution in [3.05, 3.63) is 87.4 Å². The Morgan fingerprint density at radius 3 is 2.44 bits per heavy atom. The van der Waals surface area contributed by atoms with Crippen LogP contribution in [0.3, 0.4) is 0 Å². The second-order valence-corrected chi connectivity index (χ2v) is 8.62. The van der Waals surface area contributed by atoms with E-state index in [1.54, 1.807) is 24.4 Å². The van der Waals surface area contributed by atoms with Gasteiger partial charge in [-0.05, 0) is 61.0 Å². The first kappa shape index (κ1) is 19.6. The molecule has 3 rings (SSSR count). The molecule has 0 bridgehead atoms. The number of rotatable bonds is 5. The molecule has 0 N–H and O–H groups in total. The van der Waals surface area contributed by atoms with Crippen LogP contribution in [0.15, 0.2) is 81.1 Å². The van der Waals surface area contributed by atoms with Gasteiger partial charge >= 0.3 is 10.1 Å². The molecule has 3 aromatic carbocycles. The zero-order valence-corrected chi connectivity index (χ0v) is 17.4. The molecule has 0 heterocycles. The van der Waals surface area contributed by atoms with E-state index in [1.807, 2.05) is 31.2 Å². The van der Waals surface area contributed by atoms with Gasteiger partial charge in [0.15, 0.2) is 5.75 Å². The van der Waals surface area contributed by atoms with Gasteiger partial charge in [0.05, 0.1) is 5.69 Å². The summed E-state index contributed by atoms with van der Waals surface area (Å²) in [7, 11) is -3.99. The van der Waals surface area contributed by atoms with Crippen molar-refractivity contribution in [1.82, 2.24) is 0 Å². The summed E-state index contributed by atoms with van der Waals surface area (Å²) in [4.78, 5) is 4.48. The van der Waals surface area contributed by atoms with E-state index >= 15 is 0 Å². The minimum Gasteiger partial charge on any atom is -0.378 e. The highest BCUT2D eigenvalue weighted by Gasteiger charge is 2.18. The predicted octanol–water partition coefficient (Wildman–Crippen LogP) is 5.93. The van der Waals surface area contributed by atoms with Crippen molar-refractivity contribution in [2.24, 2.45) is 4.99 Å². The maximum atomic E-state index is 12.6. The summed E-state index contributed by atoms with van der Waals surface area (Å²) in [5.41, 5.74) is 2.34. The molecule has 0 radical (unpaired) electrons.